The molecule has 0 atom stereocenters. The second kappa shape index (κ2) is 3.46. The van der Waals surface area contributed by atoms with E-state index in [1.807, 2.05) is 19.1 Å². The van der Waals surface area contributed by atoms with Crippen molar-refractivity contribution in [3.8, 4) is 0 Å². The molecule has 0 aliphatic heterocycles. The van der Waals surface area contributed by atoms with Crippen molar-refractivity contribution in [2.45, 2.75) is 13.3 Å². The van der Waals surface area contributed by atoms with Crippen LogP contribution in [0.2, 0.25) is 5.02 Å². The number of aldehydes is 1. The van der Waals surface area contributed by atoms with Crippen LogP contribution in [0.5, 0.6) is 0 Å². The molecule has 0 saturated heterocycles. The molecule has 1 aromatic heterocycles. The Morgan fingerprint density at radius 3 is 2.93 bits per heavy atom. The summed E-state index contributed by atoms with van der Waals surface area (Å²) in [7, 11) is 0. The maximum Gasteiger partial charge on any atom is 0.152 e. The Morgan fingerprint density at radius 1 is 1.50 bits per heavy atom. The van der Waals surface area contributed by atoms with Crippen molar-refractivity contribution in [1.82, 2.24) is 4.98 Å². The number of rotatable bonds is 2. The summed E-state index contributed by atoms with van der Waals surface area (Å²) in [5.41, 5.74) is 2.65. The van der Waals surface area contributed by atoms with Gasteiger partial charge in [0.2, 0.25) is 0 Å². The lowest BCUT2D eigenvalue weighted by molar-refractivity contribution is 0.112. The zero-order valence-corrected chi connectivity index (χ0v) is 8.56. The molecule has 0 fully saturated rings. The van der Waals surface area contributed by atoms with Gasteiger partial charge < -0.3 is 4.98 Å². The molecular weight excluding hydrogens is 198 g/mol. The molecule has 1 heterocycles. The van der Waals surface area contributed by atoms with Crippen LogP contribution in [-0.2, 0) is 6.42 Å². The first kappa shape index (κ1) is 9.28. The minimum Gasteiger partial charge on any atom is -0.358 e. The fourth-order valence-electron chi connectivity index (χ4n) is 1.66. The van der Waals surface area contributed by atoms with Crippen LogP contribution in [0, 0.1) is 0 Å². The molecule has 14 heavy (non-hydrogen) atoms. The van der Waals surface area contributed by atoms with Crippen LogP contribution >= 0.6 is 11.6 Å². The van der Waals surface area contributed by atoms with Crippen molar-refractivity contribution in [2.75, 3.05) is 0 Å². The summed E-state index contributed by atoms with van der Waals surface area (Å²) in [5.74, 6) is 0. The lowest BCUT2D eigenvalue weighted by Crippen LogP contribution is -1.85. The van der Waals surface area contributed by atoms with Crippen LogP contribution in [0.15, 0.2) is 18.2 Å². The Morgan fingerprint density at radius 2 is 2.29 bits per heavy atom. The topological polar surface area (TPSA) is 32.9 Å². The van der Waals surface area contributed by atoms with Crippen molar-refractivity contribution in [3.63, 3.8) is 0 Å². The van der Waals surface area contributed by atoms with E-state index in [4.69, 9.17) is 11.6 Å². The summed E-state index contributed by atoms with van der Waals surface area (Å²) in [6.07, 6.45) is 1.71. The minimum atomic E-state index is 0.679. The Bertz CT molecular complexity index is 487. The van der Waals surface area contributed by atoms with Crippen LogP contribution < -0.4 is 0 Å². The van der Waals surface area contributed by atoms with Gasteiger partial charge in [0, 0.05) is 27.2 Å². The van der Waals surface area contributed by atoms with Crippen molar-refractivity contribution < 1.29 is 4.79 Å². The van der Waals surface area contributed by atoms with E-state index >= 15 is 0 Å². The van der Waals surface area contributed by atoms with Crippen molar-refractivity contribution in [2.24, 2.45) is 0 Å². The summed E-state index contributed by atoms with van der Waals surface area (Å²) in [4.78, 5) is 14.1. The first-order chi connectivity index (χ1) is 6.76. The zero-order valence-electron chi connectivity index (χ0n) is 7.80. The fourth-order valence-corrected chi connectivity index (χ4v) is 1.83. The first-order valence-electron chi connectivity index (χ1n) is 4.51. The number of aryl methyl sites for hydroxylation is 1. The highest BCUT2D eigenvalue weighted by atomic mass is 35.5. The molecule has 0 radical (unpaired) electrons. The monoisotopic (exact) mass is 207 g/mol. The number of fused-ring (bicyclic) bond motifs is 1. The van der Waals surface area contributed by atoms with E-state index in [9.17, 15) is 4.79 Å². The summed E-state index contributed by atoms with van der Waals surface area (Å²) in [6.45, 7) is 2.01. The summed E-state index contributed by atoms with van der Waals surface area (Å²) < 4.78 is 0. The maximum atomic E-state index is 10.9. The SMILES string of the molecule is CCc1[nH]c2cc(Cl)ccc2c1C=O. The van der Waals surface area contributed by atoms with Crippen LogP contribution in [0.4, 0.5) is 0 Å². The van der Waals surface area contributed by atoms with E-state index in [1.54, 1.807) is 6.07 Å². The molecule has 0 spiro atoms. The zero-order chi connectivity index (χ0) is 10.1. The number of H-pyrrole nitrogens is 1. The van der Waals surface area contributed by atoms with Gasteiger partial charge in [0.25, 0.3) is 0 Å². The third-order valence-electron chi connectivity index (χ3n) is 2.35. The predicted molar refractivity (Wildman–Crippen MR) is 58.1 cm³/mol. The van der Waals surface area contributed by atoms with Gasteiger partial charge in [-0.05, 0) is 18.6 Å². The van der Waals surface area contributed by atoms with E-state index in [1.165, 1.54) is 0 Å². The molecule has 0 unspecified atom stereocenters. The summed E-state index contributed by atoms with van der Waals surface area (Å²) >= 11 is 5.86. The van der Waals surface area contributed by atoms with E-state index in [-0.39, 0.29) is 0 Å². The molecular formula is C11H10ClNO. The second-order valence-corrected chi connectivity index (χ2v) is 3.61. The van der Waals surface area contributed by atoms with Gasteiger partial charge in [0.1, 0.15) is 0 Å². The molecule has 2 rings (SSSR count). The molecule has 1 N–H and O–H groups in total. The van der Waals surface area contributed by atoms with Gasteiger partial charge in [-0.15, -0.1) is 0 Å². The molecule has 2 aromatic rings. The molecule has 0 aliphatic rings. The van der Waals surface area contributed by atoms with Gasteiger partial charge in [-0.3, -0.25) is 4.79 Å². The largest absolute Gasteiger partial charge is 0.358 e. The highest BCUT2D eigenvalue weighted by molar-refractivity contribution is 6.31. The van der Waals surface area contributed by atoms with Gasteiger partial charge in [-0.25, -0.2) is 0 Å². The number of carbonyl (C=O) groups excluding carboxylic acids is 1. The fraction of sp³-hybridized carbons (Fsp3) is 0.182. The smallest absolute Gasteiger partial charge is 0.152 e. The average molecular weight is 208 g/mol. The minimum absolute atomic E-state index is 0.679. The van der Waals surface area contributed by atoms with Crippen LogP contribution in [0.3, 0.4) is 0 Å². The number of hydrogen-bond donors (Lipinski definition) is 1. The highest BCUT2D eigenvalue weighted by Gasteiger charge is 2.08. The second-order valence-electron chi connectivity index (χ2n) is 3.18. The van der Waals surface area contributed by atoms with Gasteiger partial charge in [0.05, 0.1) is 0 Å². The van der Waals surface area contributed by atoms with E-state index in [0.29, 0.717) is 5.02 Å². The lowest BCUT2D eigenvalue weighted by atomic mass is 10.1. The third-order valence-corrected chi connectivity index (χ3v) is 2.59. The van der Waals surface area contributed by atoms with Gasteiger partial charge in [-0.1, -0.05) is 24.6 Å². The van der Waals surface area contributed by atoms with Crippen molar-refractivity contribution in [1.29, 1.82) is 0 Å². The lowest BCUT2D eigenvalue weighted by Gasteiger charge is -1.91. The molecule has 3 heteroatoms. The predicted octanol–water partition coefficient (Wildman–Crippen LogP) is 3.20. The molecule has 2 nitrogen and oxygen atoms in total. The normalized spacial score (nSPS) is 10.7. The maximum absolute atomic E-state index is 10.9. The highest BCUT2D eigenvalue weighted by Crippen LogP contribution is 2.24. The number of aromatic nitrogens is 1. The number of carbonyl (C=O) groups is 1. The summed E-state index contributed by atoms with van der Waals surface area (Å²) in [5, 5.41) is 1.63. The summed E-state index contributed by atoms with van der Waals surface area (Å²) in [6, 6.07) is 5.50. The van der Waals surface area contributed by atoms with Crippen molar-refractivity contribution >= 4 is 28.8 Å². The number of aromatic amines is 1. The average Bonchev–Trinajstić information content (AvgIpc) is 2.54. The molecule has 0 amide bonds. The molecule has 1 aromatic carbocycles. The quantitative estimate of drug-likeness (QED) is 0.754. The molecule has 0 aliphatic carbocycles. The molecule has 0 bridgehead atoms. The van der Waals surface area contributed by atoms with Crippen LogP contribution in [0.1, 0.15) is 23.0 Å². The number of halogens is 1. The van der Waals surface area contributed by atoms with Crippen LogP contribution in [-0.4, -0.2) is 11.3 Å². The van der Waals surface area contributed by atoms with Crippen LogP contribution in [0.25, 0.3) is 10.9 Å². The number of hydrogen-bond acceptors (Lipinski definition) is 1. The van der Waals surface area contributed by atoms with E-state index in [0.717, 1.165) is 34.9 Å². The number of nitrogens with one attached hydrogen (secondary N) is 1. The Balaban J connectivity index is 2.79. The standard InChI is InChI=1S/C11H10ClNO/c1-2-10-9(6-14)8-4-3-7(12)5-11(8)13-10/h3-6,13H,2H2,1H3. The Kier molecular flexibility index (Phi) is 2.30. The Labute approximate surface area is 86.9 Å². The Hall–Kier alpha value is -1.28. The van der Waals surface area contributed by atoms with Gasteiger partial charge >= 0.3 is 0 Å². The van der Waals surface area contributed by atoms with E-state index < -0.39 is 0 Å². The van der Waals surface area contributed by atoms with E-state index in [2.05, 4.69) is 4.98 Å². The third kappa shape index (κ3) is 1.32. The van der Waals surface area contributed by atoms with Gasteiger partial charge in [-0.2, -0.15) is 0 Å². The first-order valence-corrected chi connectivity index (χ1v) is 4.89. The molecule has 72 valence electrons. The van der Waals surface area contributed by atoms with Gasteiger partial charge in [0.15, 0.2) is 6.29 Å². The van der Waals surface area contributed by atoms with Crippen molar-refractivity contribution in [3.05, 3.63) is 34.5 Å². The molecule has 0 saturated carbocycles. The number of benzene rings is 1.